The van der Waals surface area contributed by atoms with Crippen molar-refractivity contribution in [3.8, 4) is 0 Å². The van der Waals surface area contributed by atoms with Gasteiger partial charge >= 0.3 is 9.53 Å². The highest BCUT2D eigenvalue weighted by Gasteiger charge is 2.26. The normalized spacial score (nSPS) is 13.5. The summed E-state index contributed by atoms with van der Waals surface area (Å²) in [5.74, 6) is 0. The average Bonchev–Trinajstić information content (AvgIpc) is 2.50. The number of hydrogen-bond acceptors (Lipinski definition) is 3. The molecule has 6 radical (unpaired) electrons. The van der Waals surface area contributed by atoms with Crippen LogP contribution in [0.25, 0.3) is 5.57 Å². The van der Waals surface area contributed by atoms with Crippen LogP contribution in [0.4, 0.5) is 0 Å². The van der Waals surface area contributed by atoms with E-state index in [9.17, 15) is 0 Å². The van der Waals surface area contributed by atoms with Crippen LogP contribution >= 0.6 is 0 Å². The Balaban J connectivity index is 2.98. The van der Waals surface area contributed by atoms with Gasteiger partial charge in [-0.2, -0.15) is 0 Å². The quantitative estimate of drug-likeness (QED) is 0.649. The van der Waals surface area contributed by atoms with Crippen molar-refractivity contribution in [2.45, 2.75) is 61.2 Å². The van der Waals surface area contributed by atoms with Gasteiger partial charge in [-0.3, -0.25) is 0 Å². The lowest BCUT2D eigenvalue weighted by molar-refractivity contribution is 0.326. The van der Waals surface area contributed by atoms with E-state index in [1.54, 1.807) is 0 Å². The van der Waals surface area contributed by atoms with E-state index in [1.807, 2.05) is 0 Å². The Labute approximate surface area is 156 Å². The Morgan fingerprint density at radius 3 is 2.12 bits per heavy atom. The van der Waals surface area contributed by atoms with Crippen LogP contribution in [0.5, 0.6) is 0 Å². The van der Waals surface area contributed by atoms with Gasteiger partial charge in [-0.25, -0.2) is 0 Å². The van der Waals surface area contributed by atoms with Crippen LogP contribution in [0.1, 0.15) is 41.7 Å². The van der Waals surface area contributed by atoms with Crippen molar-refractivity contribution < 1.29 is 12.3 Å². The number of benzene rings is 1. The summed E-state index contributed by atoms with van der Waals surface area (Å²) >= 11 is 0. The molecule has 0 amide bonds. The van der Waals surface area contributed by atoms with Gasteiger partial charge in [0.1, 0.15) is 0 Å². The van der Waals surface area contributed by atoms with Crippen LogP contribution in [0.3, 0.4) is 0 Å². The minimum absolute atomic E-state index is 0.238. The molecule has 0 saturated carbocycles. The van der Waals surface area contributed by atoms with Crippen LogP contribution in [0, 0.1) is 27.7 Å². The van der Waals surface area contributed by atoms with Gasteiger partial charge in [0.25, 0.3) is 9.76 Å². The zero-order valence-corrected chi connectivity index (χ0v) is 20.3. The highest BCUT2D eigenvalue weighted by molar-refractivity contribution is 6.76. The standard InChI is InChI=1S/C17H28O3Si4/c1-11-10-17(14(4)13(3)12(11)2)15(5)16(6)22-19-23(18-21)20-24(7,8)9/h10H,1-9H3. The van der Waals surface area contributed by atoms with E-state index in [2.05, 4.69) is 77.7 Å². The van der Waals surface area contributed by atoms with Gasteiger partial charge in [0, 0.05) is 0 Å². The molecule has 0 aliphatic heterocycles. The number of rotatable bonds is 7. The summed E-state index contributed by atoms with van der Waals surface area (Å²) in [6.45, 7) is 19.4. The molecule has 3 nitrogen and oxygen atoms in total. The summed E-state index contributed by atoms with van der Waals surface area (Å²) in [6.07, 6.45) is 0. The Morgan fingerprint density at radius 2 is 1.62 bits per heavy atom. The van der Waals surface area contributed by atoms with Gasteiger partial charge in [0.15, 0.2) is 8.32 Å². The Hall–Kier alpha value is -0.292. The van der Waals surface area contributed by atoms with Crippen LogP contribution < -0.4 is 0 Å². The van der Waals surface area contributed by atoms with Crippen LogP contribution in [0.2, 0.25) is 19.6 Å². The lowest BCUT2D eigenvalue weighted by atomic mass is 9.91. The van der Waals surface area contributed by atoms with E-state index in [0.29, 0.717) is 0 Å². The third kappa shape index (κ3) is 5.90. The fourth-order valence-electron chi connectivity index (χ4n) is 2.31. The zero-order valence-electron chi connectivity index (χ0n) is 16.3. The third-order valence-electron chi connectivity index (χ3n) is 4.21. The average molecular weight is 393 g/mol. The highest BCUT2D eigenvalue weighted by atomic mass is 28.4. The zero-order chi connectivity index (χ0) is 18.7. The largest absolute Gasteiger partial charge is 0.543 e. The number of aryl methyl sites for hydroxylation is 1. The fraction of sp³-hybridized carbons (Fsp3) is 0.529. The van der Waals surface area contributed by atoms with E-state index in [-0.39, 0.29) is 9.76 Å². The summed E-state index contributed by atoms with van der Waals surface area (Å²) in [6, 6.07) is 2.28. The van der Waals surface area contributed by atoms with Crippen LogP contribution in [0.15, 0.2) is 11.3 Å². The van der Waals surface area contributed by atoms with Gasteiger partial charge in [0.2, 0.25) is 10.5 Å². The molecular formula is C17H28O3Si4. The first-order chi connectivity index (χ1) is 11.0. The summed E-state index contributed by atoms with van der Waals surface area (Å²) in [5.41, 5.74) is 8.02. The Kier molecular flexibility index (Phi) is 8.05. The topological polar surface area (TPSA) is 27.7 Å². The molecule has 1 rings (SSSR count). The first kappa shape index (κ1) is 21.7. The second kappa shape index (κ2) is 8.88. The van der Waals surface area contributed by atoms with E-state index < -0.39 is 17.8 Å². The van der Waals surface area contributed by atoms with Crippen molar-refractivity contribution in [1.82, 2.24) is 0 Å². The van der Waals surface area contributed by atoms with Crippen LogP contribution in [-0.2, 0) is 12.3 Å². The van der Waals surface area contributed by atoms with Crippen LogP contribution in [-0.4, -0.2) is 38.1 Å². The maximum absolute atomic E-state index is 5.93. The first-order valence-corrected chi connectivity index (χ1v) is 14.0. The van der Waals surface area contributed by atoms with Crippen molar-refractivity contribution >= 4 is 43.7 Å². The van der Waals surface area contributed by atoms with Crippen molar-refractivity contribution in [3.63, 3.8) is 0 Å². The Bertz CT molecular complexity index is 621. The van der Waals surface area contributed by atoms with Crippen molar-refractivity contribution in [1.29, 1.82) is 0 Å². The van der Waals surface area contributed by atoms with Gasteiger partial charge < -0.3 is 12.3 Å². The smallest absolute Gasteiger partial charge is 0.415 e. The van der Waals surface area contributed by atoms with E-state index >= 15 is 0 Å². The summed E-state index contributed by atoms with van der Waals surface area (Å²) in [5, 5.41) is 1.23. The molecule has 130 valence electrons. The van der Waals surface area contributed by atoms with E-state index in [1.165, 1.54) is 38.6 Å². The molecule has 0 unspecified atom stereocenters. The highest BCUT2D eigenvalue weighted by Crippen LogP contribution is 2.28. The predicted molar refractivity (Wildman–Crippen MR) is 108 cm³/mol. The molecule has 0 fully saturated rings. The number of allylic oxidation sites excluding steroid dienone is 2. The second-order valence-corrected chi connectivity index (χ2v) is 15.3. The maximum Gasteiger partial charge on any atom is 0.543 e. The van der Waals surface area contributed by atoms with Gasteiger partial charge in [-0.1, -0.05) is 11.3 Å². The minimum atomic E-state index is -1.73. The molecule has 0 saturated heterocycles. The monoisotopic (exact) mass is 392 g/mol. The van der Waals surface area contributed by atoms with Gasteiger partial charge in [-0.05, 0) is 94.6 Å². The Morgan fingerprint density at radius 1 is 1.04 bits per heavy atom. The van der Waals surface area contributed by atoms with E-state index in [0.717, 1.165) is 0 Å². The van der Waals surface area contributed by atoms with Gasteiger partial charge in [-0.15, -0.1) is 0 Å². The molecule has 7 heteroatoms. The minimum Gasteiger partial charge on any atom is -0.415 e. The molecule has 0 aliphatic carbocycles. The van der Waals surface area contributed by atoms with Crippen molar-refractivity contribution in [2.24, 2.45) is 0 Å². The molecule has 24 heavy (non-hydrogen) atoms. The summed E-state index contributed by atoms with van der Waals surface area (Å²) in [7, 11) is -0.0780. The van der Waals surface area contributed by atoms with E-state index in [4.69, 9.17) is 12.3 Å². The molecule has 0 aromatic heterocycles. The third-order valence-corrected chi connectivity index (χ3v) is 9.75. The molecule has 0 atom stereocenters. The molecular weight excluding hydrogens is 365 g/mol. The lowest BCUT2D eigenvalue weighted by Crippen LogP contribution is -2.39. The molecule has 0 bridgehead atoms. The predicted octanol–water partition coefficient (Wildman–Crippen LogP) is 4.24. The molecule has 0 spiro atoms. The summed E-state index contributed by atoms with van der Waals surface area (Å²) < 4.78 is 17.1. The van der Waals surface area contributed by atoms with Crippen molar-refractivity contribution in [2.75, 3.05) is 0 Å². The molecule has 1 aromatic carbocycles. The van der Waals surface area contributed by atoms with Crippen molar-refractivity contribution in [3.05, 3.63) is 39.1 Å². The summed E-state index contributed by atoms with van der Waals surface area (Å²) in [4.78, 5) is 0. The fourth-order valence-corrected chi connectivity index (χ4v) is 7.17. The maximum atomic E-state index is 5.93. The molecule has 1 aromatic rings. The first-order valence-electron chi connectivity index (χ1n) is 8.05. The molecule has 0 aliphatic rings. The lowest BCUT2D eigenvalue weighted by Gasteiger charge is -2.22. The molecule has 0 heterocycles. The number of hydrogen-bond donors (Lipinski definition) is 0. The van der Waals surface area contributed by atoms with Gasteiger partial charge in [0.05, 0.1) is 0 Å². The SMILES string of the molecule is CC([Si]O[Si](O[Si])O[Si](C)(C)C)=C(C)c1cc(C)c(C)c(C)c1C. The second-order valence-electron chi connectivity index (χ2n) is 7.14. The molecule has 0 N–H and O–H groups in total.